The fourth-order valence-electron chi connectivity index (χ4n) is 3.19. The van der Waals surface area contributed by atoms with E-state index in [1.807, 2.05) is 41.3 Å². The number of hydrogen-bond acceptors (Lipinski definition) is 3. The van der Waals surface area contributed by atoms with Crippen molar-refractivity contribution in [3.63, 3.8) is 0 Å². The Morgan fingerprint density at radius 1 is 1.21 bits per heavy atom. The zero-order chi connectivity index (χ0) is 16.4. The van der Waals surface area contributed by atoms with Gasteiger partial charge in [0, 0.05) is 36.5 Å². The van der Waals surface area contributed by atoms with Crippen molar-refractivity contribution in [2.45, 2.75) is 12.8 Å². The van der Waals surface area contributed by atoms with Crippen molar-refractivity contribution in [1.29, 1.82) is 0 Å². The lowest BCUT2D eigenvalue weighted by molar-refractivity contribution is 0.115. The van der Waals surface area contributed by atoms with Gasteiger partial charge in [0.1, 0.15) is 0 Å². The number of benzene rings is 1. The number of urea groups is 1. The molecule has 124 valence electrons. The van der Waals surface area contributed by atoms with Gasteiger partial charge in [-0.2, -0.15) is 0 Å². The summed E-state index contributed by atoms with van der Waals surface area (Å²) in [5.74, 6) is 0. The lowest BCUT2D eigenvalue weighted by Gasteiger charge is -2.24. The minimum absolute atomic E-state index is 0.0600. The quantitative estimate of drug-likeness (QED) is 0.921. The molecule has 0 atom stereocenters. The summed E-state index contributed by atoms with van der Waals surface area (Å²) in [6, 6.07) is 11.8. The highest BCUT2D eigenvalue weighted by Gasteiger charge is 2.46. The maximum absolute atomic E-state index is 12.8. The van der Waals surface area contributed by atoms with Crippen LogP contribution in [0, 0.1) is 5.41 Å². The molecule has 1 aromatic heterocycles. The number of anilines is 1. The number of nitrogens with zero attached hydrogens (tertiary/aromatic N) is 2. The van der Waals surface area contributed by atoms with Crippen LogP contribution in [0.3, 0.4) is 0 Å². The van der Waals surface area contributed by atoms with E-state index in [1.165, 1.54) is 0 Å². The molecule has 2 aliphatic rings. The Labute approximate surface area is 141 Å². The molecule has 5 nitrogen and oxygen atoms in total. The normalized spacial score (nSPS) is 18.9. The summed E-state index contributed by atoms with van der Waals surface area (Å²) >= 11 is 0. The molecule has 1 saturated heterocycles. The summed E-state index contributed by atoms with van der Waals surface area (Å²) in [5, 5.41) is 3.06. The van der Waals surface area contributed by atoms with E-state index < -0.39 is 0 Å². The molecule has 2 fully saturated rings. The van der Waals surface area contributed by atoms with Crippen LogP contribution in [0.15, 0.2) is 48.8 Å². The Bertz CT molecular complexity index is 728. The second kappa shape index (κ2) is 6.24. The highest BCUT2D eigenvalue weighted by atomic mass is 16.5. The number of ether oxygens (including phenoxy) is 1. The van der Waals surface area contributed by atoms with Crippen LogP contribution in [0.4, 0.5) is 10.5 Å². The molecule has 2 heterocycles. The van der Waals surface area contributed by atoms with Gasteiger partial charge in [0.25, 0.3) is 0 Å². The van der Waals surface area contributed by atoms with Crippen molar-refractivity contribution in [3.8, 4) is 11.1 Å². The molecule has 1 aromatic carbocycles. The third-order valence-electron chi connectivity index (χ3n) is 4.83. The van der Waals surface area contributed by atoms with Gasteiger partial charge in [-0.3, -0.25) is 4.98 Å². The number of aromatic nitrogens is 1. The van der Waals surface area contributed by atoms with Gasteiger partial charge < -0.3 is 15.0 Å². The molecule has 4 rings (SSSR count). The summed E-state index contributed by atoms with van der Waals surface area (Å²) in [5.41, 5.74) is 2.96. The maximum Gasteiger partial charge on any atom is 0.321 e. The zero-order valence-corrected chi connectivity index (χ0v) is 13.6. The Morgan fingerprint density at radius 3 is 2.83 bits per heavy atom. The van der Waals surface area contributed by atoms with E-state index in [0.717, 1.165) is 42.8 Å². The van der Waals surface area contributed by atoms with E-state index >= 15 is 0 Å². The molecular weight excluding hydrogens is 302 g/mol. The van der Waals surface area contributed by atoms with Crippen LogP contribution in [0.1, 0.15) is 12.8 Å². The highest BCUT2D eigenvalue weighted by Crippen LogP contribution is 2.47. The van der Waals surface area contributed by atoms with Gasteiger partial charge in [-0.15, -0.1) is 0 Å². The van der Waals surface area contributed by atoms with Crippen LogP contribution >= 0.6 is 0 Å². The second-order valence-electron chi connectivity index (χ2n) is 6.69. The van der Waals surface area contributed by atoms with Gasteiger partial charge >= 0.3 is 6.03 Å². The number of nitrogens with one attached hydrogen (secondary N) is 1. The molecule has 1 spiro atoms. The van der Waals surface area contributed by atoms with E-state index in [1.54, 1.807) is 12.4 Å². The van der Waals surface area contributed by atoms with Crippen molar-refractivity contribution in [2.24, 2.45) is 5.41 Å². The largest absolute Gasteiger partial charge is 0.379 e. The predicted octanol–water partition coefficient (Wildman–Crippen LogP) is 3.39. The average molecular weight is 323 g/mol. The van der Waals surface area contributed by atoms with Crippen molar-refractivity contribution < 1.29 is 9.53 Å². The molecular formula is C19H21N3O2. The Morgan fingerprint density at radius 2 is 2.04 bits per heavy atom. The molecule has 1 N–H and O–H groups in total. The number of carbonyl (C=O) groups excluding carboxylic acids is 1. The number of pyridine rings is 1. The molecule has 24 heavy (non-hydrogen) atoms. The van der Waals surface area contributed by atoms with E-state index in [9.17, 15) is 4.79 Å². The van der Waals surface area contributed by atoms with E-state index in [4.69, 9.17) is 4.74 Å². The Balaban J connectivity index is 1.54. The molecule has 1 aliphatic heterocycles. The number of rotatable bonds is 2. The van der Waals surface area contributed by atoms with Gasteiger partial charge in [-0.05, 0) is 24.5 Å². The molecule has 0 unspecified atom stereocenters. The van der Waals surface area contributed by atoms with Crippen molar-refractivity contribution in [1.82, 2.24) is 9.88 Å². The molecule has 0 radical (unpaired) electrons. The van der Waals surface area contributed by atoms with Crippen LogP contribution in [-0.2, 0) is 4.74 Å². The maximum atomic E-state index is 12.8. The summed E-state index contributed by atoms with van der Waals surface area (Å²) in [6.07, 6.45) is 5.80. The third kappa shape index (κ3) is 3.12. The summed E-state index contributed by atoms with van der Waals surface area (Å²) in [7, 11) is 0. The van der Waals surface area contributed by atoms with Crippen molar-refractivity contribution in [3.05, 3.63) is 48.8 Å². The smallest absolute Gasteiger partial charge is 0.321 e. The van der Waals surface area contributed by atoms with Gasteiger partial charge in [0.05, 0.1) is 18.9 Å². The summed E-state index contributed by atoms with van der Waals surface area (Å²) in [4.78, 5) is 18.8. The molecule has 2 amide bonds. The van der Waals surface area contributed by atoms with Crippen molar-refractivity contribution in [2.75, 3.05) is 31.6 Å². The first kappa shape index (κ1) is 15.1. The number of hydrogen-bond donors (Lipinski definition) is 1. The van der Waals surface area contributed by atoms with Gasteiger partial charge in [-0.25, -0.2) is 4.79 Å². The highest BCUT2D eigenvalue weighted by molar-refractivity contribution is 5.94. The monoisotopic (exact) mass is 323 g/mol. The fourth-order valence-corrected chi connectivity index (χ4v) is 3.19. The minimum Gasteiger partial charge on any atom is -0.379 e. The lowest BCUT2D eigenvalue weighted by Crippen LogP contribution is -2.39. The van der Waals surface area contributed by atoms with Crippen LogP contribution in [0.2, 0.25) is 0 Å². The van der Waals surface area contributed by atoms with E-state index in [-0.39, 0.29) is 11.4 Å². The standard InChI is InChI=1S/C19H21N3O2/c23-18(22-10-11-24-14-19(13-22)7-8-19)21-17-6-9-20-12-16(17)15-4-2-1-3-5-15/h1-6,9,12H,7-8,10-11,13-14H2,(H,20,21,23). The van der Waals surface area contributed by atoms with Crippen LogP contribution in [0.25, 0.3) is 11.1 Å². The van der Waals surface area contributed by atoms with Crippen LogP contribution < -0.4 is 5.32 Å². The molecule has 1 aliphatic carbocycles. The Hall–Kier alpha value is -2.40. The first-order chi connectivity index (χ1) is 11.8. The van der Waals surface area contributed by atoms with Crippen LogP contribution in [-0.4, -0.2) is 42.2 Å². The van der Waals surface area contributed by atoms with Gasteiger partial charge in [0.15, 0.2) is 0 Å². The predicted molar refractivity (Wildman–Crippen MR) is 92.8 cm³/mol. The number of amides is 2. The van der Waals surface area contributed by atoms with E-state index in [2.05, 4.69) is 10.3 Å². The molecule has 0 bridgehead atoms. The van der Waals surface area contributed by atoms with Crippen molar-refractivity contribution >= 4 is 11.7 Å². The van der Waals surface area contributed by atoms with Gasteiger partial charge in [0.2, 0.25) is 0 Å². The average Bonchev–Trinajstić information content (AvgIpc) is 3.42. The van der Waals surface area contributed by atoms with Gasteiger partial charge in [-0.1, -0.05) is 30.3 Å². The first-order valence-corrected chi connectivity index (χ1v) is 8.39. The lowest BCUT2D eigenvalue weighted by atomic mass is 10.1. The SMILES string of the molecule is O=C(Nc1ccncc1-c1ccccc1)N1CCOCC2(CC2)C1. The Kier molecular flexibility index (Phi) is 3.94. The second-order valence-corrected chi connectivity index (χ2v) is 6.69. The minimum atomic E-state index is -0.0600. The number of carbonyl (C=O) groups is 1. The summed E-state index contributed by atoms with van der Waals surface area (Å²) in [6.45, 7) is 2.81. The zero-order valence-electron chi connectivity index (χ0n) is 13.6. The fraction of sp³-hybridized carbons (Fsp3) is 0.368. The molecule has 5 heteroatoms. The third-order valence-corrected chi connectivity index (χ3v) is 4.83. The molecule has 1 saturated carbocycles. The molecule has 2 aromatic rings. The van der Waals surface area contributed by atoms with Crippen LogP contribution in [0.5, 0.6) is 0 Å². The van der Waals surface area contributed by atoms with E-state index in [0.29, 0.717) is 13.2 Å². The topological polar surface area (TPSA) is 54.5 Å². The summed E-state index contributed by atoms with van der Waals surface area (Å²) < 4.78 is 5.66. The first-order valence-electron chi connectivity index (χ1n) is 8.39.